The van der Waals surface area contributed by atoms with E-state index in [2.05, 4.69) is 10.6 Å². The highest BCUT2D eigenvalue weighted by atomic mass is 16.3. The number of carbonyl (C=O) groups excluding carboxylic acids is 1. The summed E-state index contributed by atoms with van der Waals surface area (Å²) in [4.78, 5) is 11.6. The molecule has 0 aliphatic heterocycles. The topological polar surface area (TPSA) is 61.4 Å². The van der Waals surface area contributed by atoms with Gasteiger partial charge in [-0.15, -0.1) is 0 Å². The number of hydrogen-bond donors (Lipinski definition) is 3. The number of urea groups is 1. The molecule has 0 fully saturated rings. The predicted molar refractivity (Wildman–Crippen MR) is 72.3 cm³/mol. The Balaban J connectivity index is 2.28. The van der Waals surface area contributed by atoms with Crippen molar-refractivity contribution >= 4 is 6.03 Å². The van der Waals surface area contributed by atoms with E-state index in [0.717, 1.165) is 5.56 Å². The summed E-state index contributed by atoms with van der Waals surface area (Å²) in [7, 11) is 0. The number of nitrogens with one attached hydrogen (secondary N) is 2. The summed E-state index contributed by atoms with van der Waals surface area (Å²) >= 11 is 0. The molecule has 2 amide bonds. The minimum Gasteiger partial charge on any atom is -0.393 e. The first kappa shape index (κ1) is 14.5. The highest BCUT2D eigenvalue weighted by Gasteiger charge is 2.08. The summed E-state index contributed by atoms with van der Waals surface area (Å²) in [5.74, 6) is 0. The second-order valence-corrected chi connectivity index (χ2v) is 4.38. The van der Waals surface area contributed by atoms with Gasteiger partial charge in [-0.1, -0.05) is 37.3 Å². The van der Waals surface area contributed by atoms with Crippen LogP contribution in [0.25, 0.3) is 0 Å². The van der Waals surface area contributed by atoms with Gasteiger partial charge < -0.3 is 15.7 Å². The van der Waals surface area contributed by atoms with E-state index >= 15 is 0 Å². The van der Waals surface area contributed by atoms with Crippen LogP contribution < -0.4 is 10.6 Å². The molecular formula is C14H22N2O2. The molecule has 0 saturated carbocycles. The summed E-state index contributed by atoms with van der Waals surface area (Å²) < 4.78 is 0. The van der Waals surface area contributed by atoms with Gasteiger partial charge >= 0.3 is 6.03 Å². The van der Waals surface area contributed by atoms with Gasteiger partial charge in [0.05, 0.1) is 12.1 Å². The van der Waals surface area contributed by atoms with Crippen LogP contribution in [0.1, 0.15) is 38.3 Å². The molecule has 0 aromatic heterocycles. The Bertz CT molecular complexity index is 354. The lowest BCUT2D eigenvalue weighted by atomic mass is 10.1. The van der Waals surface area contributed by atoms with Crippen LogP contribution in [0.3, 0.4) is 0 Å². The number of benzene rings is 1. The minimum atomic E-state index is -0.336. The molecule has 4 nitrogen and oxygen atoms in total. The molecule has 1 aromatic carbocycles. The summed E-state index contributed by atoms with van der Waals surface area (Å²) in [6.07, 6.45) is 0.963. The first-order valence-electron chi connectivity index (χ1n) is 6.40. The van der Waals surface area contributed by atoms with Gasteiger partial charge in [0.1, 0.15) is 0 Å². The maximum absolute atomic E-state index is 11.6. The van der Waals surface area contributed by atoms with Crippen LogP contribution in [0, 0.1) is 0 Å². The van der Waals surface area contributed by atoms with Gasteiger partial charge in [-0.3, -0.25) is 0 Å². The van der Waals surface area contributed by atoms with E-state index in [1.807, 2.05) is 44.2 Å². The number of rotatable bonds is 6. The standard InChI is InChI=1S/C14H22N2O2/c1-3-13(17)9-10-15-14(18)16-11(2)12-7-5-4-6-8-12/h4-8,11,13,17H,3,9-10H2,1-2H3,(H2,15,16,18). The van der Waals surface area contributed by atoms with E-state index in [4.69, 9.17) is 0 Å². The molecule has 18 heavy (non-hydrogen) atoms. The molecule has 2 unspecified atom stereocenters. The van der Waals surface area contributed by atoms with Crippen LogP contribution in [-0.2, 0) is 0 Å². The molecule has 1 rings (SSSR count). The van der Waals surface area contributed by atoms with Crippen molar-refractivity contribution < 1.29 is 9.90 Å². The summed E-state index contributed by atoms with van der Waals surface area (Å²) in [6, 6.07) is 9.57. The zero-order valence-electron chi connectivity index (χ0n) is 11.0. The second-order valence-electron chi connectivity index (χ2n) is 4.38. The number of hydrogen-bond acceptors (Lipinski definition) is 2. The van der Waals surface area contributed by atoms with Crippen LogP contribution in [0.5, 0.6) is 0 Å². The van der Waals surface area contributed by atoms with E-state index in [1.54, 1.807) is 0 Å². The average molecular weight is 250 g/mol. The second kappa shape index (κ2) is 7.71. The molecule has 1 aromatic rings. The summed E-state index contributed by atoms with van der Waals surface area (Å²) in [5, 5.41) is 15.0. The molecule has 0 radical (unpaired) electrons. The molecule has 0 heterocycles. The molecule has 0 aliphatic carbocycles. The monoisotopic (exact) mass is 250 g/mol. The van der Waals surface area contributed by atoms with Crippen molar-refractivity contribution in [2.24, 2.45) is 0 Å². The SMILES string of the molecule is CCC(O)CCNC(=O)NC(C)c1ccccc1. The van der Waals surface area contributed by atoms with Crippen molar-refractivity contribution in [2.75, 3.05) is 6.54 Å². The molecule has 0 saturated heterocycles. The Morgan fingerprint density at radius 1 is 1.33 bits per heavy atom. The van der Waals surface area contributed by atoms with E-state index < -0.39 is 0 Å². The van der Waals surface area contributed by atoms with E-state index in [9.17, 15) is 9.90 Å². The lowest BCUT2D eigenvalue weighted by Gasteiger charge is -2.15. The third-order valence-electron chi connectivity index (χ3n) is 2.88. The first-order valence-corrected chi connectivity index (χ1v) is 6.40. The molecule has 4 heteroatoms. The Hall–Kier alpha value is -1.55. The Morgan fingerprint density at radius 2 is 2.00 bits per heavy atom. The quantitative estimate of drug-likeness (QED) is 0.725. The van der Waals surface area contributed by atoms with Gasteiger partial charge in [-0.25, -0.2) is 4.79 Å². The smallest absolute Gasteiger partial charge is 0.315 e. The fourth-order valence-electron chi connectivity index (χ4n) is 1.63. The number of aliphatic hydroxyl groups is 1. The maximum Gasteiger partial charge on any atom is 0.315 e. The van der Waals surface area contributed by atoms with E-state index in [1.165, 1.54) is 0 Å². The van der Waals surface area contributed by atoms with Gasteiger partial charge in [-0.05, 0) is 25.3 Å². The molecular weight excluding hydrogens is 228 g/mol. The zero-order chi connectivity index (χ0) is 13.4. The highest BCUT2D eigenvalue weighted by molar-refractivity contribution is 5.74. The van der Waals surface area contributed by atoms with Gasteiger partial charge in [0.15, 0.2) is 0 Å². The lowest BCUT2D eigenvalue weighted by molar-refractivity contribution is 0.160. The highest BCUT2D eigenvalue weighted by Crippen LogP contribution is 2.10. The molecule has 2 atom stereocenters. The minimum absolute atomic E-state index is 0.0256. The van der Waals surface area contributed by atoms with Crippen molar-refractivity contribution in [3.63, 3.8) is 0 Å². The fourth-order valence-corrected chi connectivity index (χ4v) is 1.63. The Kier molecular flexibility index (Phi) is 6.22. The van der Waals surface area contributed by atoms with Crippen LogP contribution in [-0.4, -0.2) is 23.8 Å². The van der Waals surface area contributed by atoms with Crippen LogP contribution in [0.15, 0.2) is 30.3 Å². The van der Waals surface area contributed by atoms with Gasteiger partial charge in [0, 0.05) is 6.54 Å². The average Bonchev–Trinajstić information content (AvgIpc) is 2.39. The van der Waals surface area contributed by atoms with Crippen molar-refractivity contribution in [1.29, 1.82) is 0 Å². The number of carbonyl (C=O) groups is 1. The van der Waals surface area contributed by atoms with Crippen LogP contribution in [0.4, 0.5) is 4.79 Å². The van der Waals surface area contributed by atoms with Crippen LogP contribution in [0.2, 0.25) is 0 Å². The van der Waals surface area contributed by atoms with Crippen molar-refractivity contribution in [1.82, 2.24) is 10.6 Å². The molecule has 0 aliphatic rings. The van der Waals surface area contributed by atoms with Gasteiger partial charge in [0.2, 0.25) is 0 Å². The summed E-state index contributed by atoms with van der Waals surface area (Å²) in [5.41, 5.74) is 1.07. The van der Waals surface area contributed by atoms with Crippen molar-refractivity contribution in [3.8, 4) is 0 Å². The predicted octanol–water partition coefficient (Wildman–Crippen LogP) is 2.21. The van der Waals surface area contributed by atoms with Crippen LogP contribution >= 0.6 is 0 Å². The van der Waals surface area contributed by atoms with Gasteiger partial charge in [0.25, 0.3) is 0 Å². The Morgan fingerprint density at radius 3 is 2.61 bits per heavy atom. The molecule has 100 valence electrons. The molecule has 0 spiro atoms. The fraction of sp³-hybridized carbons (Fsp3) is 0.500. The summed E-state index contributed by atoms with van der Waals surface area (Å²) in [6.45, 7) is 4.35. The third-order valence-corrected chi connectivity index (χ3v) is 2.88. The third kappa shape index (κ3) is 5.19. The molecule has 0 bridgehead atoms. The van der Waals surface area contributed by atoms with Gasteiger partial charge in [-0.2, -0.15) is 0 Å². The normalized spacial score (nSPS) is 13.7. The Labute approximate surface area is 108 Å². The lowest BCUT2D eigenvalue weighted by Crippen LogP contribution is -2.38. The van der Waals surface area contributed by atoms with Crippen molar-refractivity contribution in [2.45, 2.75) is 38.8 Å². The maximum atomic E-state index is 11.6. The van der Waals surface area contributed by atoms with Crippen molar-refractivity contribution in [3.05, 3.63) is 35.9 Å². The van der Waals surface area contributed by atoms with E-state index in [0.29, 0.717) is 19.4 Å². The zero-order valence-corrected chi connectivity index (χ0v) is 11.0. The largest absolute Gasteiger partial charge is 0.393 e. The number of amides is 2. The molecule has 3 N–H and O–H groups in total. The first-order chi connectivity index (χ1) is 8.63. The van der Waals surface area contributed by atoms with E-state index in [-0.39, 0.29) is 18.2 Å². The number of aliphatic hydroxyl groups excluding tert-OH is 1.